The number of hydrogen-bond donors (Lipinski definition) is 1. The molecule has 1 atom stereocenters. The van der Waals surface area contributed by atoms with Crippen LogP contribution >= 0.6 is 11.6 Å². The Hall–Kier alpha value is -3.32. The van der Waals surface area contributed by atoms with Crippen LogP contribution in [0.25, 0.3) is 17.0 Å². The third-order valence-electron chi connectivity index (χ3n) is 5.75. The fraction of sp³-hybridized carbons (Fsp3) is 0.320. The van der Waals surface area contributed by atoms with Crippen LogP contribution in [0.5, 0.6) is 5.75 Å². The first-order chi connectivity index (χ1) is 16.0. The quantitative estimate of drug-likeness (QED) is 0.406. The zero-order valence-electron chi connectivity index (χ0n) is 19.0. The number of aromatic nitrogens is 2. The van der Waals surface area contributed by atoms with Crippen molar-refractivity contribution in [1.82, 2.24) is 20.4 Å². The van der Waals surface area contributed by atoms with Crippen LogP contribution in [0.2, 0.25) is 5.02 Å². The van der Waals surface area contributed by atoms with Gasteiger partial charge in [-0.25, -0.2) is 4.79 Å². The van der Waals surface area contributed by atoms with Crippen LogP contribution in [-0.2, 0) is 0 Å². The van der Waals surface area contributed by atoms with Crippen molar-refractivity contribution in [3.63, 3.8) is 0 Å². The number of urea groups is 1. The largest absolute Gasteiger partial charge is 0.497 e. The van der Waals surface area contributed by atoms with E-state index in [1.54, 1.807) is 18.1 Å². The summed E-state index contributed by atoms with van der Waals surface area (Å²) < 4.78 is 11.0. The molecule has 0 saturated carbocycles. The molecular weight excluding hydrogens is 440 g/mol. The Balaban J connectivity index is 1.77. The van der Waals surface area contributed by atoms with Gasteiger partial charge in [0.05, 0.1) is 18.7 Å². The number of hydrogen-bond acceptors (Lipinski definition) is 5. The summed E-state index contributed by atoms with van der Waals surface area (Å²) in [6, 6.07) is 14.3. The Morgan fingerprint density at radius 1 is 1.18 bits per heavy atom. The fourth-order valence-electron chi connectivity index (χ4n) is 4.00. The van der Waals surface area contributed by atoms with Gasteiger partial charge in [-0.05, 0) is 43.2 Å². The van der Waals surface area contributed by atoms with Gasteiger partial charge in [0.15, 0.2) is 0 Å². The summed E-state index contributed by atoms with van der Waals surface area (Å²) in [4.78, 5) is 19.4. The Bertz CT molecular complexity index is 1170. The molecule has 2 amide bonds. The predicted octanol–water partition coefficient (Wildman–Crippen LogP) is 6.09. The molecule has 172 valence electrons. The second kappa shape index (κ2) is 10.1. The minimum Gasteiger partial charge on any atom is -0.497 e. The number of rotatable bonds is 8. The van der Waals surface area contributed by atoms with Crippen LogP contribution in [0.3, 0.4) is 0 Å². The standard InChI is InChI=1S/C25H27ClN4O3/c1-4-5-6-13-30-16(2)21(22(27-25(30)31)17-9-7-11-19(26)14-17)24-28-23(29-33-24)18-10-8-12-20(15-18)32-3/h7-12,14-15,22H,4-6,13H2,1-3H3,(H,27,31). The van der Waals surface area contributed by atoms with Gasteiger partial charge in [-0.1, -0.05) is 60.8 Å². The van der Waals surface area contributed by atoms with Crippen LogP contribution in [-0.4, -0.2) is 34.7 Å². The van der Waals surface area contributed by atoms with Crippen LogP contribution < -0.4 is 10.1 Å². The molecule has 3 aromatic rings. The zero-order valence-corrected chi connectivity index (χ0v) is 19.7. The maximum Gasteiger partial charge on any atom is 0.322 e. The maximum atomic E-state index is 13.0. The highest BCUT2D eigenvalue weighted by atomic mass is 35.5. The molecule has 4 rings (SSSR count). The highest BCUT2D eigenvalue weighted by Gasteiger charge is 2.35. The lowest BCUT2D eigenvalue weighted by molar-refractivity contribution is 0.204. The van der Waals surface area contributed by atoms with Gasteiger partial charge < -0.3 is 14.6 Å². The van der Waals surface area contributed by atoms with E-state index in [1.807, 2.05) is 49.4 Å². The van der Waals surface area contributed by atoms with Gasteiger partial charge in [-0.2, -0.15) is 4.98 Å². The van der Waals surface area contributed by atoms with Crippen molar-refractivity contribution >= 4 is 23.2 Å². The van der Waals surface area contributed by atoms with Crippen molar-refractivity contribution in [2.24, 2.45) is 0 Å². The van der Waals surface area contributed by atoms with Gasteiger partial charge in [0.2, 0.25) is 5.82 Å². The maximum absolute atomic E-state index is 13.0. The average Bonchev–Trinajstić information content (AvgIpc) is 3.30. The zero-order chi connectivity index (χ0) is 23.4. The molecular formula is C25H27ClN4O3. The first-order valence-electron chi connectivity index (χ1n) is 11.0. The summed E-state index contributed by atoms with van der Waals surface area (Å²) in [6.45, 7) is 4.68. The van der Waals surface area contributed by atoms with E-state index in [-0.39, 0.29) is 6.03 Å². The number of nitrogens with one attached hydrogen (secondary N) is 1. The van der Waals surface area contributed by atoms with E-state index in [4.69, 9.17) is 20.9 Å². The second-order valence-corrected chi connectivity index (χ2v) is 8.39. The summed E-state index contributed by atoms with van der Waals surface area (Å²) in [5, 5.41) is 7.90. The van der Waals surface area contributed by atoms with E-state index in [0.717, 1.165) is 41.7 Å². The van der Waals surface area contributed by atoms with Crippen molar-refractivity contribution in [2.75, 3.05) is 13.7 Å². The molecule has 8 heteroatoms. The normalized spacial score (nSPS) is 16.2. The molecule has 1 aliphatic rings. The molecule has 33 heavy (non-hydrogen) atoms. The van der Waals surface area contributed by atoms with E-state index in [0.29, 0.717) is 29.0 Å². The third kappa shape index (κ3) is 4.88. The minimum absolute atomic E-state index is 0.148. The molecule has 0 saturated heterocycles. The van der Waals surface area contributed by atoms with Gasteiger partial charge in [-0.15, -0.1) is 0 Å². The molecule has 2 aromatic carbocycles. The number of carbonyl (C=O) groups excluding carboxylic acids is 1. The topological polar surface area (TPSA) is 80.5 Å². The first kappa shape index (κ1) is 22.9. The number of ether oxygens (including phenoxy) is 1. The van der Waals surface area contributed by atoms with E-state index in [9.17, 15) is 4.79 Å². The molecule has 0 aliphatic carbocycles. The van der Waals surface area contributed by atoms with Crippen LogP contribution in [0.15, 0.2) is 58.8 Å². The number of nitrogens with zero attached hydrogens (tertiary/aromatic N) is 3. The van der Waals surface area contributed by atoms with E-state index in [1.165, 1.54) is 0 Å². The second-order valence-electron chi connectivity index (χ2n) is 7.95. The molecule has 1 aromatic heterocycles. The lowest BCUT2D eigenvalue weighted by Crippen LogP contribution is -2.46. The third-order valence-corrected chi connectivity index (χ3v) is 5.98. The van der Waals surface area contributed by atoms with Gasteiger partial charge in [0.1, 0.15) is 5.75 Å². The van der Waals surface area contributed by atoms with Crippen molar-refractivity contribution < 1.29 is 14.1 Å². The highest BCUT2D eigenvalue weighted by Crippen LogP contribution is 2.38. The summed E-state index contributed by atoms with van der Waals surface area (Å²) in [5.41, 5.74) is 3.18. The Labute approximate surface area is 198 Å². The lowest BCUT2D eigenvalue weighted by Gasteiger charge is -2.35. The number of amides is 2. The minimum atomic E-state index is -0.461. The molecule has 1 unspecified atom stereocenters. The number of unbranched alkanes of at least 4 members (excludes halogenated alkanes) is 2. The molecule has 1 aliphatic heterocycles. The van der Waals surface area contributed by atoms with Gasteiger partial charge in [-0.3, -0.25) is 4.90 Å². The van der Waals surface area contributed by atoms with Gasteiger partial charge in [0, 0.05) is 22.8 Å². The Morgan fingerprint density at radius 2 is 2.00 bits per heavy atom. The van der Waals surface area contributed by atoms with Crippen LogP contribution in [0, 0.1) is 0 Å². The summed E-state index contributed by atoms with van der Waals surface area (Å²) in [5.74, 6) is 1.51. The average molecular weight is 467 g/mol. The molecule has 1 N–H and O–H groups in total. The van der Waals surface area contributed by atoms with Gasteiger partial charge >= 0.3 is 6.03 Å². The van der Waals surface area contributed by atoms with Crippen molar-refractivity contribution in [2.45, 2.75) is 39.2 Å². The fourth-order valence-corrected chi connectivity index (χ4v) is 4.19. The molecule has 0 radical (unpaired) electrons. The summed E-state index contributed by atoms with van der Waals surface area (Å²) >= 11 is 6.25. The molecule has 0 spiro atoms. The number of halogens is 1. The summed E-state index contributed by atoms with van der Waals surface area (Å²) in [6.07, 6.45) is 3.03. The first-order valence-corrected chi connectivity index (χ1v) is 11.4. The van der Waals surface area contributed by atoms with Crippen molar-refractivity contribution in [3.8, 4) is 17.1 Å². The smallest absolute Gasteiger partial charge is 0.322 e. The number of methoxy groups -OCH3 is 1. The van der Waals surface area contributed by atoms with E-state index >= 15 is 0 Å². The van der Waals surface area contributed by atoms with Crippen LogP contribution in [0.4, 0.5) is 4.79 Å². The monoisotopic (exact) mass is 466 g/mol. The molecule has 2 heterocycles. The van der Waals surface area contributed by atoms with E-state index in [2.05, 4.69) is 22.4 Å². The predicted molar refractivity (Wildman–Crippen MR) is 128 cm³/mol. The molecule has 0 fully saturated rings. The van der Waals surface area contributed by atoms with Crippen molar-refractivity contribution in [1.29, 1.82) is 0 Å². The lowest BCUT2D eigenvalue weighted by atomic mass is 9.94. The van der Waals surface area contributed by atoms with Gasteiger partial charge in [0.25, 0.3) is 5.89 Å². The number of allylic oxidation sites excluding steroid dienone is 1. The SMILES string of the molecule is CCCCCN1C(=O)NC(c2cccc(Cl)c2)C(c2nc(-c3cccc(OC)c3)no2)=C1C. The molecule has 0 bridgehead atoms. The number of carbonyl (C=O) groups is 1. The Kier molecular flexibility index (Phi) is 6.99. The van der Waals surface area contributed by atoms with E-state index < -0.39 is 6.04 Å². The summed E-state index contributed by atoms with van der Waals surface area (Å²) in [7, 11) is 1.61. The van der Waals surface area contributed by atoms with Crippen molar-refractivity contribution in [3.05, 3.63) is 70.7 Å². The highest BCUT2D eigenvalue weighted by molar-refractivity contribution is 6.30. The van der Waals surface area contributed by atoms with Crippen LogP contribution in [0.1, 0.15) is 50.6 Å². The molecule has 7 nitrogen and oxygen atoms in total. The Morgan fingerprint density at radius 3 is 2.76 bits per heavy atom. The number of benzene rings is 2.